The maximum atomic E-state index is 11.2. The number of phenolic OH excluding ortho intramolecular Hbond substituents is 3. The van der Waals surface area contributed by atoms with Gasteiger partial charge in [0.25, 0.3) is 0 Å². The molecule has 0 saturated carbocycles. The maximum Gasteiger partial charge on any atom is 0.411 e. The van der Waals surface area contributed by atoms with E-state index in [9.17, 15) is 15.0 Å². The van der Waals surface area contributed by atoms with Gasteiger partial charge in [-0.3, -0.25) is 5.32 Å². The zero-order valence-electron chi connectivity index (χ0n) is 17.1. The van der Waals surface area contributed by atoms with E-state index in [0.29, 0.717) is 16.3 Å². The smallest absolute Gasteiger partial charge is 0.411 e. The van der Waals surface area contributed by atoms with Gasteiger partial charge in [-0.05, 0) is 67.4 Å². The summed E-state index contributed by atoms with van der Waals surface area (Å²) in [5.41, 5.74) is 2.25. The van der Waals surface area contributed by atoms with E-state index < -0.39 is 6.09 Å². The van der Waals surface area contributed by atoms with Crippen LogP contribution in [0.1, 0.15) is 25.0 Å². The Labute approximate surface area is 186 Å². The summed E-state index contributed by atoms with van der Waals surface area (Å²) in [7, 11) is 0. The van der Waals surface area contributed by atoms with Gasteiger partial charge in [0, 0.05) is 16.8 Å². The zero-order chi connectivity index (χ0) is 22.8. The standard InChI is InChI=1S/C14H12O3.C10H12ClNO2/c15-12-5-3-10(4-6-12)1-2-11-7-13(16)9-14(17)8-11;1-7(2)14-10(13)12-9-5-3-4-8(11)6-9/h1-9,15-17H;3-7H,1-2H3,(H,12,13). The first-order valence-corrected chi connectivity index (χ1v) is 9.82. The molecule has 3 aromatic rings. The molecule has 0 spiro atoms. The maximum absolute atomic E-state index is 11.2. The Morgan fingerprint density at radius 1 is 0.871 bits per heavy atom. The van der Waals surface area contributed by atoms with Crippen LogP contribution in [-0.2, 0) is 4.74 Å². The van der Waals surface area contributed by atoms with Crippen molar-refractivity contribution < 1.29 is 24.9 Å². The van der Waals surface area contributed by atoms with E-state index in [1.54, 1.807) is 80.6 Å². The fourth-order valence-electron chi connectivity index (χ4n) is 2.42. The van der Waals surface area contributed by atoms with Gasteiger partial charge in [0.05, 0.1) is 6.10 Å². The minimum Gasteiger partial charge on any atom is -0.508 e. The fourth-order valence-corrected chi connectivity index (χ4v) is 2.61. The highest BCUT2D eigenvalue weighted by Crippen LogP contribution is 2.22. The third-order valence-electron chi connectivity index (χ3n) is 3.70. The zero-order valence-corrected chi connectivity index (χ0v) is 17.9. The molecule has 0 radical (unpaired) electrons. The van der Waals surface area contributed by atoms with E-state index in [1.165, 1.54) is 6.07 Å². The topological polar surface area (TPSA) is 99.0 Å². The third kappa shape index (κ3) is 9.14. The molecular formula is C24H24ClNO5. The van der Waals surface area contributed by atoms with E-state index in [0.717, 1.165) is 5.56 Å². The number of rotatable bonds is 4. The molecule has 0 atom stereocenters. The third-order valence-corrected chi connectivity index (χ3v) is 3.94. The summed E-state index contributed by atoms with van der Waals surface area (Å²) in [6.07, 6.45) is 3.00. The summed E-state index contributed by atoms with van der Waals surface area (Å²) in [4.78, 5) is 11.2. The SMILES string of the molecule is CC(C)OC(=O)Nc1cccc(Cl)c1.Oc1ccc(C=Cc2cc(O)cc(O)c2)cc1. The van der Waals surface area contributed by atoms with E-state index in [-0.39, 0.29) is 23.4 Å². The van der Waals surface area contributed by atoms with Gasteiger partial charge in [-0.25, -0.2) is 4.79 Å². The number of phenols is 3. The molecule has 0 aliphatic rings. The number of anilines is 1. The van der Waals surface area contributed by atoms with Crippen LogP contribution in [0.5, 0.6) is 17.2 Å². The number of nitrogens with one attached hydrogen (secondary N) is 1. The van der Waals surface area contributed by atoms with Crippen molar-refractivity contribution in [3.8, 4) is 17.2 Å². The number of carbonyl (C=O) groups excluding carboxylic acids is 1. The molecule has 7 heteroatoms. The summed E-state index contributed by atoms with van der Waals surface area (Å²) in [5, 5.41) is 30.9. The molecule has 3 rings (SSSR count). The molecule has 6 nitrogen and oxygen atoms in total. The Morgan fingerprint density at radius 3 is 2.06 bits per heavy atom. The van der Waals surface area contributed by atoms with E-state index >= 15 is 0 Å². The number of amides is 1. The van der Waals surface area contributed by atoms with E-state index in [4.69, 9.17) is 21.4 Å². The molecule has 0 aromatic heterocycles. The van der Waals surface area contributed by atoms with Crippen LogP contribution < -0.4 is 5.32 Å². The molecule has 4 N–H and O–H groups in total. The van der Waals surface area contributed by atoms with Gasteiger partial charge in [0.15, 0.2) is 0 Å². The van der Waals surface area contributed by atoms with Crippen LogP contribution in [0.4, 0.5) is 10.5 Å². The Kier molecular flexibility index (Phi) is 8.78. The van der Waals surface area contributed by atoms with Crippen LogP contribution in [0.25, 0.3) is 12.2 Å². The minimum absolute atomic E-state index is 0.0235. The van der Waals surface area contributed by atoms with Gasteiger partial charge < -0.3 is 20.1 Å². The summed E-state index contributed by atoms with van der Waals surface area (Å²) in [6, 6.07) is 18.0. The van der Waals surface area contributed by atoms with Crippen molar-refractivity contribution in [2.45, 2.75) is 20.0 Å². The summed E-state index contributed by atoms with van der Waals surface area (Å²) in [6.45, 7) is 3.58. The number of benzene rings is 3. The van der Waals surface area contributed by atoms with Crippen LogP contribution in [0, 0.1) is 0 Å². The van der Waals surface area contributed by atoms with Gasteiger partial charge in [-0.1, -0.05) is 42.0 Å². The molecule has 31 heavy (non-hydrogen) atoms. The lowest BCUT2D eigenvalue weighted by atomic mass is 10.1. The lowest BCUT2D eigenvalue weighted by molar-refractivity contribution is 0.130. The molecule has 162 valence electrons. The van der Waals surface area contributed by atoms with Crippen LogP contribution in [0.2, 0.25) is 5.02 Å². The molecule has 0 aliphatic carbocycles. The van der Waals surface area contributed by atoms with Crippen molar-refractivity contribution in [1.82, 2.24) is 0 Å². The van der Waals surface area contributed by atoms with Crippen molar-refractivity contribution in [2.75, 3.05) is 5.32 Å². The second-order valence-electron chi connectivity index (χ2n) is 6.80. The van der Waals surface area contributed by atoms with Gasteiger partial charge in [0.1, 0.15) is 17.2 Å². The molecule has 0 fully saturated rings. The average Bonchev–Trinajstić information content (AvgIpc) is 2.67. The molecule has 0 heterocycles. The summed E-state index contributed by atoms with van der Waals surface area (Å²) in [5.74, 6) is 0.267. The van der Waals surface area contributed by atoms with Crippen molar-refractivity contribution in [1.29, 1.82) is 0 Å². The Hall–Kier alpha value is -3.64. The average molecular weight is 442 g/mol. The molecule has 0 aliphatic heterocycles. The predicted octanol–water partition coefficient (Wildman–Crippen LogP) is 6.27. The van der Waals surface area contributed by atoms with Gasteiger partial charge in [0.2, 0.25) is 0 Å². The lowest BCUT2D eigenvalue weighted by Gasteiger charge is -2.09. The van der Waals surface area contributed by atoms with Crippen molar-refractivity contribution in [3.63, 3.8) is 0 Å². The number of hydrogen-bond acceptors (Lipinski definition) is 5. The Balaban J connectivity index is 0.000000225. The predicted molar refractivity (Wildman–Crippen MR) is 123 cm³/mol. The van der Waals surface area contributed by atoms with E-state index in [1.807, 2.05) is 6.08 Å². The van der Waals surface area contributed by atoms with Crippen LogP contribution >= 0.6 is 11.6 Å². The number of ether oxygens (including phenoxy) is 1. The van der Waals surface area contributed by atoms with Gasteiger partial charge in [-0.2, -0.15) is 0 Å². The van der Waals surface area contributed by atoms with Crippen LogP contribution in [0.3, 0.4) is 0 Å². The van der Waals surface area contributed by atoms with Crippen molar-refractivity contribution >= 4 is 35.5 Å². The second-order valence-corrected chi connectivity index (χ2v) is 7.23. The highest BCUT2D eigenvalue weighted by Gasteiger charge is 2.05. The molecule has 0 unspecified atom stereocenters. The second kappa shape index (κ2) is 11.5. The molecule has 3 aromatic carbocycles. The first kappa shape index (κ1) is 23.6. The number of carbonyl (C=O) groups is 1. The highest BCUT2D eigenvalue weighted by molar-refractivity contribution is 6.30. The molecular weight excluding hydrogens is 418 g/mol. The quantitative estimate of drug-likeness (QED) is 0.357. The first-order chi connectivity index (χ1) is 14.7. The van der Waals surface area contributed by atoms with Crippen molar-refractivity contribution in [2.24, 2.45) is 0 Å². The largest absolute Gasteiger partial charge is 0.508 e. The van der Waals surface area contributed by atoms with Crippen LogP contribution in [-0.4, -0.2) is 27.5 Å². The summed E-state index contributed by atoms with van der Waals surface area (Å²) >= 11 is 5.74. The Morgan fingerprint density at radius 2 is 1.48 bits per heavy atom. The van der Waals surface area contributed by atoms with Crippen LogP contribution in [0.15, 0.2) is 66.7 Å². The first-order valence-electron chi connectivity index (χ1n) is 9.44. The van der Waals surface area contributed by atoms with Gasteiger partial charge in [-0.15, -0.1) is 0 Å². The Bertz CT molecular complexity index is 1010. The summed E-state index contributed by atoms with van der Waals surface area (Å²) < 4.78 is 4.90. The van der Waals surface area contributed by atoms with Crippen molar-refractivity contribution in [3.05, 3.63) is 82.9 Å². The monoisotopic (exact) mass is 441 g/mol. The number of hydrogen-bond donors (Lipinski definition) is 4. The highest BCUT2D eigenvalue weighted by atomic mass is 35.5. The molecule has 0 bridgehead atoms. The fraction of sp³-hybridized carbons (Fsp3) is 0.125. The molecule has 0 saturated heterocycles. The molecule has 1 amide bonds. The number of halogens is 1. The lowest BCUT2D eigenvalue weighted by Crippen LogP contribution is -2.17. The normalized spacial score (nSPS) is 10.5. The van der Waals surface area contributed by atoms with Gasteiger partial charge >= 0.3 is 6.09 Å². The van der Waals surface area contributed by atoms with E-state index in [2.05, 4.69) is 5.32 Å². The number of aromatic hydroxyl groups is 3. The minimum atomic E-state index is -0.470.